The van der Waals surface area contributed by atoms with Crippen molar-refractivity contribution in [1.82, 2.24) is 0 Å². The van der Waals surface area contributed by atoms with Crippen molar-refractivity contribution in [2.75, 3.05) is 5.32 Å². The lowest BCUT2D eigenvalue weighted by Gasteiger charge is -2.40. The summed E-state index contributed by atoms with van der Waals surface area (Å²) in [4.78, 5) is 0. The Morgan fingerprint density at radius 1 is 0.963 bits per heavy atom. The van der Waals surface area contributed by atoms with Crippen LogP contribution in [-0.2, 0) is 17.1 Å². The summed E-state index contributed by atoms with van der Waals surface area (Å²) in [7, 11) is 0. The molecule has 0 bridgehead atoms. The van der Waals surface area contributed by atoms with Gasteiger partial charge in [-0.05, 0) is 29.8 Å². The van der Waals surface area contributed by atoms with E-state index in [0.717, 1.165) is 22.4 Å². The molecule has 3 aromatic rings. The molecule has 0 aliphatic carbocycles. The molecule has 136 valence electrons. The molecule has 1 spiro atoms. The van der Waals surface area contributed by atoms with Gasteiger partial charge in [-0.15, -0.1) is 0 Å². The Morgan fingerprint density at radius 3 is 2.59 bits per heavy atom. The molecular formula is C22H17Cl2NO2. The highest BCUT2D eigenvalue weighted by atomic mass is 35.5. The lowest BCUT2D eigenvalue weighted by molar-refractivity contribution is -0.196. The van der Waals surface area contributed by atoms with Crippen molar-refractivity contribution in [3.8, 4) is 5.75 Å². The summed E-state index contributed by atoms with van der Waals surface area (Å²) in [5.41, 5.74) is 4.13. The predicted molar refractivity (Wildman–Crippen MR) is 107 cm³/mol. The van der Waals surface area contributed by atoms with Gasteiger partial charge in [-0.1, -0.05) is 65.7 Å². The van der Waals surface area contributed by atoms with E-state index in [-0.39, 0.29) is 6.04 Å². The van der Waals surface area contributed by atoms with E-state index < -0.39 is 5.79 Å². The average molecular weight is 398 g/mol. The topological polar surface area (TPSA) is 30.5 Å². The molecule has 2 aliphatic rings. The monoisotopic (exact) mass is 397 g/mol. The van der Waals surface area contributed by atoms with Gasteiger partial charge in [0.05, 0.1) is 17.7 Å². The number of ether oxygens (including phenoxy) is 2. The van der Waals surface area contributed by atoms with Crippen LogP contribution in [0.5, 0.6) is 5.75 Å². The fraction of sp³-hybridized carbons (Fsp3) is 0.182. The maximum atomic E-state index is 6.56. The Morgan fingerprint density at radius 2 is 1.74 bits per heavy atom. The van der Waals surface area contributed by atoms with Gasteiger partial charge in [0.1, 0.15) is 5.75 Å². The molecule has 27 heavy (non-hydrogen) atoms. The fourth-order valence-electron chi connectivity index (χ4n) is 3.98. The molecule has 0 saturated heterocycles. The standard InChI is InChI=1S/C22H17Cl2NO2/c23-15-10-18(24)21-19(25-16-7-2-1-3-8-16)12-22(27-20(21)11-15)17-9-5-4-6-14(17)13-26-22/h1-11,19,25H,12-13H2/t19-,22+/m1/s1. The second kappa shape index (κ2) is 6.45. The van der Waals surface area contributed by atoms with Gasteiger partial charge in [-0.25, -0.2) is 0 Å². The molecule has 5 heteroatoms. The van der Waals surface area contributed by atoms with E-state index in [9.17, 15) is 0 Å². The zero-order valence-electron chi connectivity index (χ0n) is 14.4. The number of para-hydroxylation sites is 1. The molecule has 2 atom stereocenters. The second-order valence-electron chi connectivity index (χ2n) is 6.87. The van der Waals surface area contributed by atoms with E-state index in [1.54, 1.807) is 6.07 Å². The fourth-order valence-corrected chi connectivity index (χ4v) is 4.58. The largest absolute Gasteiger partial charge is 0.457 e. The SMILES string of the molecule is Clc1cc(Cl)c2c(c1)O[C@]1(C[C@H]2Nc2ccccc2)OCc2ccccc21. The molecule has 3 aromatic carbocycles. The smallest absolute Gasteiger partial charge is 0.240 e. The summed E-state index contributed by atoms with van der Waals surface area (Å²) in [5.74, 6) is -0.187. The number of hydrogen-bond acceptors (Lipinski definition) is 3. The number of anilines is 1. The number of hydrogen-bond donors (Lipinski definition) is 1. The number of fused-ring (bicyclic) bond motifs is 3. The molecule has 2 aliphatic heterocycles. The minimum atomic E-state index is -0.843. The van der Waals surface area contributed by atoms with Gasteiger partial charge in [-0.3, -0.25) is 0 Å². The first-order valence-electron chi connectivity index (χ1n) is 8.86. The molecule has 1 N–H and O–H groups in total. The van der Waals surface area contributed by atoms with Crippen LogP contribution >= 0.6 is 23.2 Å². The van der Waals surface area contributed by atoms with Crippen LogP contribution < -0.4 is 10.1 Å². The van der Waals surface area contributed by atoms with Crippen LogP contribution in [0.2, 0.25) is 10.0 Å². The normalized spacial score (nSPS) is 22.8. The molecule has 0 unspecified atom stereocenters. The summed E-state index contributed by atoms with van der Waals surface area (Å²) in [6.07, 6.45) is 0.604. The van der Waals surface area contributed by atoms with Gasteiger partial charge in [0.2, 0.25) is 5.79 Å². The minimum Gasteiger partial charge on any atom is -0.457 e. The second-order valence-corrected chi connectivity index (χ2v) is 7.71. The Kier molecular flexibility index (Phi) is 4.05. The zero-order valence-corrected chi connectivity index (χ0v) is 15.9. The molecular weight excluding hydrogens is 381 g/mol. The van der Waals surface area contributed by atoms with E-state index in [1.807, 2.05) is 48.5 Å². The number of nitrogens with one attached hydrogen (secondary N) is 1. The van der Waals surface area contributed by atoms with E-state index in [1.165, 1.54) is 0 Å². The van der Waals surface area contributed by atoms with Crippen molar-refractivity contribution >= 4 is 28.9 Å². The maximum absolute atomic E-state index is 6.56. The van der Waals surface area contributed by atoms with Crippen molar-refractivity contribution in [2.24, 2.45) is 0 Å². The third-order valence-electron chi connectivity index (χ3n) is 5.16. The van der Waals surface area contributed by atoms with Crippen LogP contribution in [0.1, 0.15) is 29.2 Å². The first-order chi connectivity index (χ1) is 13.1. The van der Waals surface area contributed by atoms with Crippen LogP contribution in [0.4, 0.5) is 5.69 Å². The van der Waals surface area contributed by atoms with E-state index >= 15 is 0 Å². The van der Waals surface area contributed by atoms with Crippen molar-refractivity contribution in [2.45, 2.75) is 24.9 Å². The third kappa shape index (κ3) is 2.87. The first-order valence-corrected chi connectivity index (χ1v) is 9.62. The molecule has 0 fully saturated rings. The molecule has 5 rings (SSSR count). The molecule has 2 heterocycles. The summed E-state index contributed by atoms with van der Waals surface area (Å²) < 4.78 is 12.6. The minimum absolute atomic E-state index is 0.0768. The van der Waals surface area contributed by atoms with Crippen LogP contribution in [0.15, 0.2) is 66.7 Å². The molecule has 0 aromatic heterocycles. The number of benzene rings is 3. The first kappa shape index (κ1) is 16.9. The van der Waals surface area contributed by atoms with Gasteiger partial charge < -0.3 is 14.8 Å². The highest BCUT2D eigenvalue weighted by molar-refractivity contribution is 6.35. The molecule has 0 amide bonds. The summed E-state index contributed by atoms with van der Waals surface area (Å²) in [6.45, 7) is 0.526. The Balaban J connectivity index is 1.63. The molecule has 0 saturated carbocycles. The molecule has 3 nitrogen and oxygen atoms in total. The van der Waals surface area contributed by atoms with Crippen LogP contribution in [-0.4, -0.2) is 0 Å². The number of rotatable bonds is 2. The van der Waals surface area contributed by atoms with Crippen molar-refractivity contribution in [3.05, 3.63) is 93.5 Å². The van der Waals surface area contributed by atoms with Crippen LogP contribution in [0.25, 0.3) is 0 Å². The number of halogens is 2. The summed E-state index contributed by atoms with van der Waals surface area (Å²) >= 11 is 12.8. The third-order valence-corrected chi connectivity index (χ3v) is 5.69. The highest BCUT2D eigenvalue weighted by Gasteiger charge is 2.48. The Labute approximate surface area is 167 Å². The lowest BCUT2D eigenvalue weighted by Crippen LogP contribution is -2.40. The van der Waals surface area contributed by atoms with Gasteiger partial charge in [-0.2, -0.15) is 0 Å². The Hall–Kier alpha value is -2.20. The predicted octanol–water partition coefficient (Wildman–Crippen LogP) is 6.31. The quantitative estimate of drug-likeness (QED) is 0.549. The van der Waals surface area contributed by atoms with E-state index in [2.05, 4.69) is 17.4 Å². The van der Waals surface area contributed by atoms with Crippen molar-refractivity contribution < 1.29 is 9.47 Å². The highest BCUT2D eigenvalue weighted by Crippen LogP contribution is 2.52. The van der Waals surface area contributed by atoms with Gasteiger partial charge in [0.25, 0.3) is 0 Å². The Bertz CT molecular complexity index is 1010. The maximum Gasteiger partial charge on any atom is 0.240 e. The average Bonchev–Trinajstić information content (AvgIpc) is 3.00. The summed E-state index contributed by atoms with van der Waals surface area (Å²) in [6, 6.07) is 21.7. The lowest BCUT2D eigenvalue weighted by atomic mass is 9.89. The van der Waals surface area contributed by atoms with E-state index in [4.69, 9.17) is 32.7 Å². The van der Waals surface area contributed by atoms with Gasteiger partial charge in [0.15, 0.2) is 0 Å². The van der Waals surface area contributed by atoms with Crippen molar-refractivity contribution in [3.63, 3.8) is 0 Å². The van der Waals surface area contributed by atoms with Gasteiger partial charge in [0, 0.05) is 28.3 Å². The zero-order chi connectivity index (χ0) is 18.4. The van der Waals surface area contributed by atoms with Crippen molar-refractivity contribution in [1.29, 1.82) is 0 Å². The van der Waals surface area contributed by atoms with E-state index in [0.29, 0.717) is 28.8 Å². The molecule has 0 radical (unpaired) electrons. The van der Waals surface area contributed by atoms with Crippen LogP contribution in [0, 0.1) is 0 Å². The summed E-state index contributed by atoms with van der Waals surface area (Å²) in [5, 5.41) is 4.72. The van der Waals surface area contributed by atoms with Crippen LogP contribution in [0.3, 0.4) is 0 Å². The van der Waals surface area contributed by atoms with Gasteiger partial charge >= 0.3 is 0 Å².